The van der Waals surface area contributed by atoms with Crippen molar-refractivity contribution < 1.29 is 33.8 Å². The van der Waals surface area contributed by atoms with Crippen LogP contribution in [0.15, 0.2) is 66.0 Å². The molecule has 68 heavy (non-hydrogen) atoms. The van der Waals surface area contributed by atoms with Crippen molar-refractivity contribution >= 4 is 64.7 Å². The number of benzene rings is 2. The number of phenolic OH excluding ortho intramolecular Hbond substituents is 1. The molecule has 4 saturated heterocycles. The summed E-state index contributed by atoms with van der Waals surface area (Å²) in [6, 6.07) is 16.2. The molecule has 1 saturated carbocycles. The zero-order valence-electron chi connectivity index (χ0n) is 40.2. The predicted octanol–water partition coefficient (Wildman–Crippen LogP) is 7.48. The lowest BCUT2D eigenvalue weighted by Gasteiger charge is -2.39. The van der Waals surface area contributed by atoms with Gasteiger partial charge in [0.1, 0.15) is 26.4 Å². The first-order chi connectivity index (χ1) is 32.5. The van der Waals surface area contributed by atoms with E-state index in [0.29, 0.717) is 66.1 Å². The van der Waals surface area contributed by atoms with Crippen LogP contribution in [0.5, 0.6) is 5.75 Å². The molecule has 10 rings (SSSR count). The molecule has 5 aliphatic heterocycles. The van der Waals surface area contributed by atoms with Gasteiger partial charge in [-0.3, -0.25) is 29.2 Å². The van der Waals surface area contributed by atoms with Crippen LogP contribution in [0.2, 0.25) is 22.2 Å². The van der Waals surface area contributed by atoms with E-state index in [0.717, 1.165) is 69.9 Å². The average Bonchev–Trinajstić information content (AvgIpc) is 4.20. The summed E-state index contributed by atoms with van der Waals surface area (Å²) in [6.45, 7) is 11.3. The molecule has 3 unspecified atom stereocenters. The third-order valence-corrected chi connectivity index (χ3v) is 21.2. The number of Topliss-reactive ketones (excluding diaryl/α,β-unsaturated/α-hetero) is 1. The standard InChI is InChI=1S/C52H63N6O7SSi2/c1-8-57-38-17-16-31-24-35(38)36(42(57)34-13-11-18-54-44(34)51(64-7)27-39-45(51)66-39)26-50(4,5)28-65-48(62)37-14-12-19-58(55-37)49(63)52(25-30-21-32(31)23-33(59)22-30)46(67-52)43(60)41(29(2)3)56(6)47(61)40-15-9-10-20-68(40)53/h11,13,16-18,21-24,37,39-40,45-46,55,59H,8-10,12,14-15,19-20,25-28,53H2,1-7H3/t37-,39?,40+,45-,46?,51?,52-/m0/s1. The second-order valence-electron chi connectivity index (χ2n) is 20.9. The molecule has 2 aromatic carbocycles. The minimum absolute atomic E-state index is 0.0531. The van der Waals surface area contributed by atoms with Gasteiger partial charge in [0.15, 0.2) is 5.78 Å². The van der Waals surface area contributed by atoms with Crippen LogP contribution < -0.4 is 10.8 Å². The normalized spacial score (nSPS) is 28.8. The van der Waals surface area contributed by atoms with E-state index in [1.807, 2.05) is 43.9 Å². The lowest BCUT2D eigenvalue weighted by molar-refractivity contribution is -0.155. The zero-order chi connectivity index (χ0) is 48.0. The third-order valence-electron chi connectivity index (χ3n) is 15.4. The fraction of sp³-hybridized carbons (Fsp3) is 0.519. The number of phenols is 1. The molecule has 7 atom stereocenters. The minimum Gasteiger partial charge on any atom is -0.508 e. The van der Waals surface area contributed by atoms with Crippen LogP contribution in [-0.4, -0.2) is 110 Å². The molecule has 7 heterocycles. The van der Waals surface area contributed by atoms with Crippen LogP contribution in [0.25, 0.3) is 33.3 Å². The number of esters is 1. The first-order valence-electron chi connectivity index (χ1n) is 24.3. The van der Waals surface area contributed by atoms with Crippen molar-refractivity contribution in [1.82, 2.24) is 24.9 Å². The van der Waals surface area contributed by atoms with Gasteiger partial charge in [-0.15, -0.1) is 11.8 Å². The number of ether oxygens (including phenoxy) is 2. The number of aromatic nitrogens is 2. The summed E-state index contributed by atoms with van der Waals surface area (Å²) >= 11 is 1.96. The van der Waals surface area contributed by atoms with Crippen LogP contribution in [0.1, 0.15) is 90.0 Å². The summed E-state index contributed by atoms with van der Waals surface area (Å²) < 4.78 is 15.0. The monoisotopic (exact) mass is 971 g/mol. The molecule has 6 bridgehead atoms. The van der Waals surface area contributed by atoms with Crippen LogP contribution >= 0.6 is 11.8 Å². The van der Waals surface area contributed by atoms with Crippen molar-refractivity contribution in [3.63, 3.8) is 0 Å². The van der Waals surface area contributed by atoms with Crippen molar-refractivity contribution in [2.45, 2.75) is 137 Å². The molecule has 4 aromatic rings. The molecular weight excluding hydrogens is 909 g/mol. The van der Waals surface area contributed by atoms with Crippen molar-refractivity contribution in [2.24, 2.45) is 10.8 Å². The molecule has 1 aliphatic carbocycles. The summed E-state index contributed by atoms with van der Waals surface area (Å²) in [7, 11) is 1.97. The van der Waals surface area contributed by atoms with Crippen LogP contribution in [0.4, 0.5) is 0 Å². The maximum Gasteiger partial charge on any atom is 0.324 e. The molecule has 3 radical (unpaired) electrons. The van der Waals surface area contributed by atoms with Crippen molar-refractivity contribution in [3.05, 3.63) is 82.8 Å². The number of thioether (sulfide) groups is 1. The zero-order valence-corrected chi connectivity index (χ0v) is 43.1. The number of cyclic esters (lactones) is 1. The number of hydrogen-bond donors (Lipinski definition) is 3. The average molecular weight is 972 g/mol. The number of likely N-dealkylation sites (N-methyl/N-ethyl adjacent to an activating group) is 1. The number of carbonyl (C=O) groups is 4. The number of allylic oxidation sites excluding steroid dienone is 2. The molecule has 16 heteroatoms. The first-order valence-corrected chi connectivity index (χ1v) is 28.2. The number of rotatable bonds is 8. The number of carbonyl (C=O) groups excluding carboxylic acids is 4. The van der Waals surface area contributed by atoms with Gasteiger partial charge in [-0.25, -0.2) is 5.43 Å². The van der Waals surface area contributed by atoms with E-state index in [9.17, 15) is 19.5 Å². The van der Waals surface area contributed by atoms with Gasteiger partial charge in [-0.2, -0.15) is 0 Å². The highest BCUT2D eigenvalue weighted by atomic mass is 32.2. The Morgan fingerprint density at radius 3 is 2.60 bits per heavy atom. The van der Waals surface area contributed by atoms with Gasteiger partial charge < -0.3 is 29.4 Å². The van der Waals surface area contributed by atoms with Gasteiger partial charge in [0.25, 0.3) is 0 Å². The van der Waals surface area contributed by atoms with Crippen LogP contribution in [-0.2, 0) is 53.6 Å². The van der Waals surface area contributed by atoms with E-state index < -0.39 is 42.6 Å². The van der Waals surface area contributed by atoms with Crippen LogP contribution in [0.3, 0.4) is 0 Å². The number of hydrazine groups is 1. The third kappa shape index (κ3) is 8.00. The van der Waals surface area contributed by atoms with Crippen molar-refractivity contribution in [3.8, 4) is 28.1 Å². The molecule has 4 N–H and O–H groups in total. The fourth-order valence-electron chi connectivity index (χ4n) is 11.8. The Labute approximate surface area is 407 Å². The molecular formula is C52H63N6O7SSi2. The number of pyridine rings is 1. The lowest BCUT2D eigenvalue weighted by Crippen LogP contribution is -2.57. The second kappa shape index (κ2) is 17.7. The first kappa shape index (κ1) is 47.1. The number of methoxy groups -OCH3 is 1. The number of aromatic hydroxyl groups is 1. The molecule has 2 amide bonds. The van der Waals surface area contributed by atoms with E-state index >= 15 is 4.79 Å². The highest BCUT2D eigenvalue weighted by Gasteiger charge is 2.68. The number of aryl methyl sites for hydroxylation is 1. The van der Waals surface area contributed by atoms with E-state index in [1.54, 1.807) is 26.3 Å². The molecule has 5 fully saturated rings. The Bertz CT molecular complexity index is 2770. The van der Waals surface area contributed by atoms with Crippen molar-refractivity contribution in [2.75, 3.05) is 27.3 Å². The SMILES string of the molecule is CCn1c(-c2cccnc2C2(OC)CC3S[C@@H]32)c2c3cc(ccc31)-c1cc(O)cc(c1)C[C@@]1([Si]C1C(=O)C(=C(C)C)N(C)C(=O)[C@H]1CCCC[Si]1N)C(=O)N1CCC[C@H](N1)C(=O)OCC(C)(C)C2. The Hall–Kier alpha value is -4.59. The highest BCUT2D eigenvalue weighted by Crippen LogP contribution is 2.68. The van der Waals surface area contributed by atoms with Gasteiger partial charge in [-0.1, -0.05) is 38.8 Å². The van der Waals surface area contributed by atoms with E-state index in [-0.39, 0.29) is 51.4 Å². The second-order valence-corrected chi connectivity index (χ2v) is 26.4. The Morgan fingerprint density at radius 1 is 1.09 bits per heavy atom. The number of nitrogens with two attached hydrogens (primary N) is 1. The van der Waals surface area contributed by atoms with Gasteiger partial charge >= 0.3 is 5.97 Å². The van der Waals surface area contributed by atoms with Gasteiger partial charge in [0, 0.05) is 71.7 Å². The Morgan fingerprint density at radius 2 is 1.90 bits per heavy atom. The number of hydrogen-bond acceptors (Lipinski definition) is 11. The summed E-state index contributed by atoms with van der Waals surface area (Å²) in [5.74, 6) is -1.03. The van der Waals surface area contributed by atoms with Gasteiger partial charge in [0.05, 0.1) is 43.5 Å². The van der Waals surface area contributed by atoms with E-state index in [2.05, 4.69) is 55.0 Å². The summed E-state index contributed by atoms with van der Waals surface area (Å²) in [5.41, 5.74) is 9.85. The molecule has 1 spiro atoms. The number of fused-ring (bicyclic) bond motifs is 7. The molecule has 13 nitrogen and oxygen atoms in total. The largest absolute Gasteiger partial charge is 0.508 e. The quantitative estimate of drug-likeness (QED) is 0.0693. The fourth-order valence-corrected chi connectivity index (χ4v) is 17.0. The Balaban J connectivity index is 1.08. The summed E-state index contributed by atoms with van der Waals surface area (Å²) in [5, 5.41) is 20.4. The number of nitrogens with one attached hydrogen (secondary N) is 1. The topological polar surface area (TPSA) is 169 Å². The maximum absolute atomic E-state index is 15.2. The number of ketones is 1. The van der Waals surface area contributed by atoms with Gasteiger partial charge in [-0.05, 0) is 130 Å². The number of amides is 2. The molecule has 6 aliphatic rings. The molecule has 357 valence electrons. The maximum atomic E-state index is 15.2. The number of nitrogens with zero attached hydrogens (tertiary/aromatic N) is 4. The smallest absolute Gasteiger partial charge is 0.324 e. The minimum atomic E-state index is -1.40. The predicted molar refractivity (Wildman–Crippen MR) is 267 cm³/mol. The van der Waals surface area contributed by atoms with E-state index in [4.69, 9.17) is 19.9 Å². The van der Waals surface area contributed by atoms with Crippen molar-refractivity contribution in [1.29, 1.82) is 0 Å². The summed E-state index contributed by atoms with van der Waals surface area (Å²) in [4.78, 5) is 64.9. The summed E-state index contributed by atoms with van der Waals surface area (Å²) in [6.07, 6.45) is 7.24. The van der Waals surface area contributed by atoms with Crippen LogP contribution in [0, 0.1) is 5.41 Å². The Kier molecular flexibility index (Phi) is 12.2. The lowest BCUT2D eigenvalue weighted by atomic mass is 9.75. The van der Waals surface area contributed by atoms with E-state index in [1.165, 1.54) is 9.91 Å². The van der Waals surface area contributed by atoms with Gasteiger partial charge in [0.2, 0.25) is 11.8 Å². The molecule has 2 aromatic heterocycles. The highest BCUT2D eigenvalue weighted by molar-refractivity contribution is 8.08.